The van der Waals surface area contributed by atoms with Gasteiger partial charge in [0, 0.05) is 6.20 Å². The number of anilines is 1. The molecule has 2 aromatic rings. The number of hydrogen-bond donors (Lipinski definition) is 2. The summed E-state index contributed by atoms with van der Waals surface area (Å²) >= 11 is -2.34. The van der Waals surface area contributed by atoms with Crippen LogP contribution < -0.4 is 54.6 Å². The number of pyridine rings is 1. The van der Waals surface area contributed by atoms with Crippen LogP contribution in [0.5, 0.6) is 17.5 Å². The smallest absolute Gasteiger partial charge is 0.485 e. The van der Waals surface area contributed by atoms with Gasteiger partial charge < -0.3 is 14.2 Å². The number of halogens is 2. The number of nitrogens with one attached hydrogen (secondary N) is 2. The van der Waals surface area contributed by atoms with Crippen LogP contribution >= 0.6 is 0 Å². The summed E-state index contributed by atoms with van der Waals surface area (Å²) in [6.07, 6.45) is -1.48. The minimum Gasteiger partial charge on any atom is -0.485 e. The summed E-state index contributed by atoms with van der Waals surface area (Å²) in [6.45, 7) is -0.918. The molecule has 152 valence electrons. The average Bonchev–Trinajstić information content (AvgIpc) is 2.70. The Hall–Kier alpha value is -2.13. The van der Waals surface area contributed by atoms with E-state index in [1.54, 1.807) is 0 Å². The third-order valence-corrected chi connectivity index (χ3v) is 3.65. The second kappa shape index (κ2) is 12.4. The Morgan fingerprint density at radius 1 is 1.24 bits per heavy atom. The van der Waals surface area contributed by atoms with Crippen LogP contribution in [0.2, 0.25) is 0 Å². The molecule has 11 nitrogen and oxygen atoms in total. The van der Waals surface area contributed by atoms with Gasteiger partial charge in [-0.2, -0.15) is 14.3 Å². The van der Waals surface area contributed by atoms with E-state index in [2.05, 4.69) is 24.6 Å². The van der Waals surface area contributed by atoms with Crippen molar-refractivity contribution in [3.8, 4) is 17.5 Å². The molecule has 2 aromatic heterocycles. The van der Waals surface area contributed by atoms with E-state index in [0.29, 0.717) is 0 Å². The van der Waals surface area contributed by atoms with Gasteiger partial charge in [0.2, 0.25) is 28.8 Å². The summed E-state index contributed by atoms with van der Waals surface area (Å²) < 4.78 is 56.0. The predicted molar refractivity (Wildman–Crippen MR) is 90.5 cm³/mol. The first kappa shape index (κ1) is 24.9. The zero-order valence-electron chi connectivity index (χ0n) is 15.5. The van der Waals surface area contributed by atoms with Crippen molar-refractivity contribution in [2.24, 2.45) is 0 Å². The van der Waals surface area contributed by atoms with Gasteiger partial charge in [-0.3, -0.25) is 5.32 Å². The quantitative estimate of drug-likeness (QED) is 0.345. The summed E-state index contributed by atoms with van der Waals surface area (Å²) in [5.74, 6) is -0.104. The van der Waals surface area contributed by atoms with Gasteiger partial charge in [0.25, 0.3) is 6.43 Å². The van der Waals surface area contributed by atoms with E-state index in [1.807, 2.05) is 5.48 Å². The third-order valence-electron chi connectivity index (χ3n) is 2.79. The van der Waals surface area contributed by atoms with E-state index >= 15 is 0 Å². The number of ether oxygens (including phenoxy) is 3. The molecule has 1 atom stereocenters. The summed E-state index contributed by atoms with van der Waals surface area (Å²) in [5, 5.41) is 1.92. The van der Waals surface area contributed by atoms with Crippen LogP contribution in [-0.4, -0.2) is 52.4 Å². The molecule has 0 radical (unpaired) electrons. The maximum atomic E-state index is 12.3. The zero-order chi connectivity index (χ0) is 20.5. The summed E-state index contributed by atoms with van der Waals surface area (Å²) in [5.41, 5.74) is 1.84. The van der Waals surface area contributed by atoms with Gasteiger partial charge in [0.05, 0.1) is 20.3 Å². The Morgan fingerprint density at radius 3 is 2.48 bits per heavy atom. The number of hydrogen-bond acceptors (Lipinski definition) is 9. The van der Waals surface area contributed by atoms with Gasteiger partial charge in [0.15, 0.2) is 10.8 Å². The largest absolute Gasteiger partial charge is 1.00 e. The zero-order valence-corrected chi connectivity index (χ0v) is 18.4. The maximum absolute atomic E-state index is 12.3. The van der Waals surface area contributed by atoms with Gasteiger partial charge >= 0.3 is 35.6 Å². The SMILES string of the molecule is COc1cc(OC)nc(NC(=O)NOS(=O)c2ncccc2OCC(F)F)n1.[Na+]. The van der Waals surface area contributed by atoms with Gasteiger partial charge in [-0.05, 0) is 12.1 Å². The molecular formula is C14H15F2N5NaO6S+. The molecule has 0 saturated carbocycles. The van der Waals surface area contributed by atoms with Crippen molar-refractivity contribution < 1.29 is 65.8 Å². The number of methoxy groups -OCH3 is 2. The minimum atomic E-state index is -2.73. The second-order valence-electron chi connectivity index (χ2n) is 4.66. The number of hydroxylamine groups is 1. The first-order valence-corrected chi connectivity index (χ1v) is 8.49. The van der Waals surface area contributed by atoms with Crippen LogP contribution in [-0.2, 0) is 15.4 Å². The van der Waals surface area contributed by atoms with Gasteiger partial charge in [-0.1, -0.05) is 0 Å². The summed E-state index contributed by atoms with van der Waals surface area (Å²) in [6, 6.07) is 3.09. The number of nitrogens with zero attached hydrogens (tertiary/aromatic N) is 3. The molecule has 0 aliphatic carbocycles. The van der Waals surface area contributed by atoms with E-state index in [1.165, 1.54) is 38.6 Å². The summed E-state index contributed by atoms with van der Waals surface area (Å²) in [4.78, 5) is 23.3. The Morgan fingerprint density at radius 2 is 1.90 bits per heavy atom. The topological polar surface area (TPSA) is 134 Å². The maximum Gasteiger partial charge on any atom is 1.00 e. The van der Waals surface area contributed by atoms with Crippen LogP contribution in [0.3, 0.4) is 0 Å². The minimum absolute atomic E-state index is 0. The van der Waals surface area contributed by atoms with Crippen molar-refractivity contribution in [1.82, 2.24) is 20.4 Å². The Kier molecular flexibility index (Phi) is 10.7. The van der Waals surface area contributed by atoms with E-state index in [4.69, 9.17) is 14.2 Å². The molecule has 0 bridgehead atoms. The first-order valence-electron chi connectivity index (χ1n) is 7.42. The van der Waals surface area contributed by atoms with Gasteiger partial charge in [0.1, 0.15) is 6.61 Å². The Balaban J connectivity index is 0.00000420. The van der Waals surface area contributed by atoms with Crippen molar-refractivity contribution in [3.63, 3.8) is 0 Å². The number of urea groups is 1. The van der Waals surface area contributed by atoms with Crippen molar-refractivity contribution in [3.05, 3.63) is 24.4 Å². The molecule has 15 heteroatoms. The van der Waals surface area contributed by atoms with Crippen LogP contribution in [0.4, 0.5) is 19.5 Å². The Bertz CT molecular complexity index is 828. The standard InChI is InChI=1S/C14H15F2N5O6S.Na/c1-24-10-6-11(25-2)19-13(18-10)20-14(22)21-27-28(23)12-8(4-3-5-17-12)26-7-9(15)16;/h3-6,9H,7H2,1-2H3,(H2,18,19,20,21,22);/q;+1. The van der Waals surface area contributed by atoms with Gasteiger partial charge in [-0.15, -0.1) is 0 Å². The van der Waals surface area contributed by atoms with E-state index in [0.717, 1.165) is 0 Å². The molecule has 0 aliphatic heterocycles. The van der Waals surface area contributed by atoms with E-state index in [-0.39, 0.29) is 58.0 Å². The average molecular weight is 442 g/mol. The van der Waals surface area contributed by atoms with Gasteiger partial charge in [-0.25, -0.2) is 28.2 Å². The molecule has 1 unspecified atom stereocenters. The second-order valence-corrected chi connectivity index (χ2v) is 5.68. The van der Waals surface area contributed by atoms with Crippen LogP contribution in [0, 0.1) is 0 Å². The van der Waals surface area contributed by atoms with Crippen LogP contribution in [0.15, 0.2) is 29.4 Å². The fourth-order valence-electron chi connectivity index (χ4n) is 1.68. The van der Waals surface area contributed by atoms with Crippen molar-refractivity contribution in [2.75, 3.05) is 26.1 Å². The molecule has 0 aromatic carbocycles. The van der Waals surface area contributed by atoms with Crippen LogP contribution in [0.1, 0.15) is 0 Å². The molecule has 2 amide bonds. The molecule has 29 heavy (non-hydrogen) atoms. The van der Waals surface area contributed by atoms with E-state index in [9.17, 15) is 17.8 Å². The van der Waals surface area contributed by atoms with Crippen molar-refractivity contribution in [2.45, 2.75) is 11.5 Å². The molecule has 0 aliphatic rings. The molecule has 2 N–H and O–H groups in total. The Labute approximate surface area is 188 Å². The number of carbonyl (C=O) groups excluding carboxylic acids is 1. The fourth-order valence-corrected chi connectivity index (χ4v) is 2.34. The predicted octanol–water partition coefficient (Wildman–Crippen LogP) is -1.69. The monoisotopic (exact) mass is 442 g/mol. The molecular weight excluding hydrogens is 427 g/mol. The number of alkyl halides is 2. The van der Waals surface area contributed by atoms with Crippen LogP contribution in [0.25, 0.3) is 0 Å². The molecule has 2 rings (SSSR count). The molecule has 0 saturated heterocycles. The van der Waals surface area contributed by atoms with E-state index < -0.39 is 30.1 Å². The fraction of sp³-hybridized carbons (Fsp3) is 0.286. The first-order chi connectivity index (χ1) is 13.4. The number of aromatic nitrogens is 3. The summed E-state index contributed by atoms with van der Waals surface area (Å²) in [7, 11) is 2.72. The number of amides is 2. The van der Waals surface area contributed by atoms with Crippen molar-refractivity contribution >= 4 is 23.1 Å². The molecule has 2 heterocycles. The van der Waals surface area contributed by atoms with Crippen molar-refractivity contribution in [1.29, 1.82) is 0 Å². The molecule has 0 spiro atoms. The number of carbonyl (C=O) groups is 1. The molecule has 0 fully saturated rings. The number of rotatable bonds is 9. The third kappa shape index (κ3) is 8.02. The normalized spacial score (nSPS) is 11.2.